The molecule has 2 aromatic carbocycles. The van der Waals surface area contributed by atoms with Crippen LogP contribution in [0.2, 0.25) is 0 Å². The highest BCUT2D eigenvalue weighted by Gasteiger charge is 2.36. The molecule has 0 bridgehead atoms. The Morgan fingerprint density at radius 2 is 1.04 bits per heavy atom. The summed E-state index contributed by atoms with van der Waals surface area (Å²) in [6, 6.07) is 5.85. The highest BCUT2D eigenvalue weighted by atomic mass is 19.4. The Labute approximate surface area is 150 Å². The van der Waals surface area contributed by atoms with Gasteiger partial charge in [-0.2, -0.15) is 26.3 Å². The summed E-state index contributed by atoms with van der Waals surface area (Å²) in [4.78, 5) is 0. The second-order valence-electron chi connectivity index (χ2n) is 5.13. The number of rotatable bonds is 6. The summed E-state index contributed by atoms with van der Waals surface area (Å²) in [5, 5.41) is 0. The summed E-state index contributed by atoms with van der Waals surface area (Å²) in [7, 11) is 1.52. The van der Waals surface area contributed by atoms with Crippen molar-refractivity contribution < 1.29 is 45.1 Å². The van der Waals surface area contributed by atoms with E-state index < -0.39 is 42.7 Å². The third kappa shape index (κ3) is 5.14. The molecule has 11 heteroatoms. The lowest BCUT2D eigenvalue weighted by Crippen LogP contribution is -2.17. The van der Waals surface area contributed by atoms with Crippen LogP contribution in [-0.2, 0) is 12.4 Å². The predicted octanol–water partition coefficient (Wildman–Crippen LogP) is 4.47. The van der Waals surface area contributed by atoms with E-state index in [2.05, 4.69) is 0 Å². The van der Waals surface area contributed by atoms with Crippen molar-refractivity contribution >= 4 is 7.69 Å². The Morgan fingerprint density at radius 3 is 1.33 bits per heavy atom. The van der Waals surface area contributed by atoms with Crippen molar-refractivity contribution in [3.05, 3.63) is 47.5 Å². The van der Waals surface area contributed by atoms with Crippen molar-refractivity contribution in [3.8, 4) is 23.0 Å². The van der Waals surface area contributed by atoms with Crippen LogP contribution >= 0.6 is 0 Å². The Kier molecular flexibility index (Phi) is 6.02. The zero-order valence-electron chi connectivity index (χ0n) is 14.1. The van der Waals surface area contributed by atoms with Gasteiger partial charge in [-0.05, 0) is 36.4 Å². The molecule has 0 atom stereocenters. The minimum absolute atomic E-state index is 0.0508. The fourth-order valence-corrected chi connectivity index (χ4v) is 2.12. The van der Waals surface area contributed by atoms with Gasteiger partial charge < -0.3 is 18.8 Å². The van der Waals surface area contributed by atoms with E-state index in [-0.39, 0.29) is 11.5 Å². The van der Waals surface area contributed by atoms with E-state index in [4.69, 9.17) is 18.8 Å². The van der Waals surface area contributed by atoms with Crippen LogP contribution in [0.25, 0.3) is 0 Å². The first-order chi connectivity index (χ1) is 12.6. The summed E-state index contributed by atoms with van der Waals surface area (Å²) in [5.41, 5.74) is -2.28. The van der Waals surface area contributed by atoms with Crippen molar-refractivity contribution in [2.24, 2.45) is 0 Å². The van der Waals surface area contributed by atoms with Crippen molar-refractivity contribution in [1.29, 1.82) is 0 Å². The van der Waals surface area contributed by atoms with E-state index in [1.807, 2.05) is 0 Å². The number of halogens is 6. The van der Waals surface area contributed by atoms with E-state index in [1.54, 1.807) is 0 Å². The molecule has 0 aliphatic rings. The Hall–Kier alpha value is -2.72. The van der Waals surface area contributed by atoms with E-state index in [1.165, 1.54) is 26.4 Å². The minimum Gasteiger partial charge on any atom is -0.528 e. The molecule has 4 nitrogen and oxygen atoms in total. The van der Waals surface area contributed by atoms with Gasteiger partial charge in [0.2, 0.25) is 0 Å². The van der Waals surface area contributed by atoms with Crippen molar-refractivity contribution in [3.63, 3.8) is 0 Å². The average molecular weight is 394 g/mol. The minimum atomic E-state index is -4.75. The predicted molar refractivity (Wildman–Crippen MR) is 84.4 cm³/mol. The lowest BCUT2D eigenvalue weighted by Gasteiger charge is -2.17. The van der Waals surface area contributed by atoms with Crippen LogP contribution in [0.5, 0.6) is 23.0 Å². The number of hydrogen-bond acceptors (Lipinski definition) is 4. The van der Waals surface area contributed by atoms with E-state index in [0.717, 1.165) is 12.1 Å². The molecule has 0 fully saturated rings. The van der Waals surface area contributed by atoms with Crippen LogP contribution in [0, 0.1) is 0 Å². The van der Waals surface area contributed by atoms with Crippen LogP contribution in [-0.4, -0.2) is 21.9 Å². The zero-order chi connectivity index (χ0) is 20.2. The lowest BCUT2D eigenvalue weighted by atomic mass is 10.1. The summed E-state index contributed by atoms with van der Waals surface area (Å²) in [6.45, 7) is 0. The Morgan fingerprint density at radius 1 is 0.667 bits per heavy atom. The number of benzene rings is 2. The summed E-state index contributed by atoms with van der Waals surface area (Å²) in [6.07, 6.45) is -9.50. The van der Waals surface area contributed by atoms with Gasteiger partial charge in [0, 0.05) is 0 Å². The molecule has 0 aromatic heterocycles. The number of ether oxygens (including phenoxy) is 2. The maximum absolute atomic E-state index is 13.1. The SMILES string of the molecule is COc1ccc(OBOc2ccc(OC)cc2C(F)(F)F)c(C(F)(F)F)c1. The maximum atomic E-state index is 13.1. The third-order valence-corrected chi connectivity index (χ3v) is 3.41. The molecule has 0 unspecified atom stereocenters. The van der Waals surface area contributed by atoms with Gasteiger partial charge in [-0.1, -0.05) is 0 Å². The average Bonchev–Trinajstić information content (AvgIpc) is 2.60. The zero-order valence-corrected chi connectivity index (χ0v) is 14.1. The quantitative estimate of drug-likeness (QED) is 0.536. The van der Waals surface area contributed by atoms with Crippen LogP contribution in [0.3, 0.4) is 0 Å². The van der Waals surface area contributed by atoms with Crippen LogP contribution < -0.4 is 18.8 Å². The molecule has 0 saturated carbocycles. The third-order valence-electron chi connectivity index (χ3n) is 3.41. The molecule has 146 valence electrons. The highest BCUT2D eigenvalue weighted by Crippen LogP contribution is 2.40. The first-order valence-corrected chi connectivity index (χ1v) is 7.32. The number of hydrogen-bond donors (Lipinski definition) is 0. The largest absolute Gasteiger partial charge is 0.576 e. The molecule has 0 spiro atoms. The van der Waals surface area contributed by atoms with Gasteiger partial charge in [0.1, 0.15) is 23.0 Å². The molecule has 2 rings (SSSR count). The molecular formula is C16H13BF6O4. The van der Waals surface area contributed by atoms with Crippen molar-refractivity contribution in [1.82, 2.24) is 0 Å². The van der Waals surface area contributed by atoms with Gasteiger partial charge in [-0.3, -0.25) is 0 Å². The van der Waals surface area contributed by atoms with Gasteiger partial charge in [0.15, 0.2) is 0 Å². The van der Waals surface area contributed by atoms with Gasteiger partial charge in [-0.25, -0.2) is 0 Å². The van der Waals surface area contributed by atoms with Crippen molar-refractivity contribution in [2.45, 2.75) is 12.4 Å². The van der Waals surface area contributed by atoms with Crippen LogP contribution in [0.4, 0.5) is 26.3 Å². The molecule has 0 aliphatic heterocycles. The maximum Gasteiger partial charge on any atom is 0.576 e. The fraction of sp³-hybridized carbons (Fsp3) is 0.250. The second kappa shape index (κ2) is 7.89. The molecule has 0 N–H and O–H groups in total. The van der Waals surface area contributed by atoms with Gasteiger partial charge >= 0.3 is 20.0 Å². The first-order valence-electron chi connectivity index (χ1n) is 7.32. The summed E-state index contributed by atoms with van der Waals surface area (Å²) < 4.78 is 97.7. The molecule has 0 heterocycles. The van der Waals surface area contributed by atoms with E-state index >= 15 is 0 Å². The molecule has 0 saturated heterocycles. The van der Waals surface area contributed by atoms with E-state index in [0.29, 0.717) is 12.1 Å². The van der Waals surface area contributed by atoms with Crippen molar-refractivity contribution in [2.75, 3.05) is 14.2 Å². The molecular weight excluding hydrogens is 381 g/mol. The molecule has 0 aliphatic carbocycles. The Bertz CT molecular complexity index is 726. The lowest BCUT2D eigenvalue weighted by molar-refractivity contribution is -0.139. The number of methoxy groups -OCH3 is 2. The molecule has 2 aromatic rings. The number of alkyl halides is 6. The van der Waals surface area contributed by atoms with Crippen LogP contribution in [0.1, 0.15) is 11.1 Å². The van der Waals surface area contributed by atoms with Crippen LogP contribution in [0.15, 0.2) is 36.4 Å². The molecule has 0 radical (unpaired) electrons. The Balaban J connectivity index is 2.20. The smallest absolute Gasteiger partial charge is 0.528 e. The van der Waals surface area contributed by atoms with E-state index in [9.17, 15) is 26.3 Å². The van der Waals surface area contributed by atoms with Gasteiger partial charge in [0.05, 0.1) is 25.3 Å². The normalized spacial score (nSPS) is 11.7. The molecule has 27 heavy (non-hydrogen) atoms. The summed E-state index contributed by atoms with van der Waals surface area (Å²) in [5.74, 6) is -1.31. The summed E-state index contributed by atoms with van der Waals surface area (Å²) >= 11 is 0. The monoisotopic (exact) mass is 394 g/mol. The standard InChI is InChI=1S/C16H13BF6O4/c1-24-9-3-5-13(11(7-9)15(18,19)20)26-17-27-14-6-4-10(25-2)8-12(14)16(21,22)23/h3-8,17H,1-2H3. The first kappa shape index (κ1) is 20.6. The second-order valence-corrected chi connectivity index (χ2v) is 5.13. The fourth-order valence-electron chi connectivity index (χ4n) is 2.12. The molecule has 0 amide bonds. The highest BCUT2D eigenvalue weighted by molar-refractivity contribution is 6.20. The van der Waals surface area contributed by atoms with Gasteiger partial charge in [-0.15, -0.1) is 0 Å². The topological polar surface area (TPSA) is 36.9 Å². The van der Waals surface area contributed by atoms with Gasteiger partial charge in [0.25, 0.3) is 0 Å².